The Bertz CT molecular complexity index is 1730. The molecular formula is C40H52N3O5S+. The predicted molar refractivity (Wildman–Crippen MR) is 199 cm³/mol. The highest BCUT2D eigenvalue weighted by Crippen LogP contribution is 2.48. The fourth-order valence-corrected chi connectivity index (χ4v) is 7.79. The second kappa shape index (κ2) is 14.7. The first-order valence-corrected chi connectivity index (χ1v) is 18.1. The third-order valence-electron chi connectivity index (χ3n) is 9.68. The first-order chi connectivity index (χ1) is 23.2. The van der Waals surface area contributed by atoms with Gasteiger partial charge in [0.1, 0.15) is 12.1 Å². The third-order valence-corrected chi connectivity index (χ3v) is 10.2. The van der Waals surface area contributed by atoms with Crippen LogP contribution in [-0.2, 0) is 24.9 Å². The van der Waals surface area contributed by atoms with Crippen LogP contribution in [0.5, 0.6) is 0 Å². The van der Waals surface area contributed by atoms with Gasteiger partial charge in [-0.05, 0) is 76.3 Å². The number of hydrogen-bond donors (Lipinski definition) is 1. The molecule has 49 heavy (non-hydrogen) atoms. The van der Waals surface area contributed by atoms with Gasteiger partial charge in [-0.15, -0.1) is 4.33 Å². The largest absolute Gasteiger partial charge is 0.443 e. The Morgan fingerprint density at radius 1 is 1.00 bits per heavy atom. The van der Waals surface area contributed by atoms with E-state index in [-0.39, 0.29) is 16.9 Å². The number of nitrogens with zero attached hydrogens (tertiary/aromatic N) is 3. The van der Waals surface area contributed by atoms with Gasteiger partial charge in [-0.3, -0.25) is 4.90 Å². The molecular weight excluding hydrogens is 635 g/mol. The molecule has 2 aromatic carbocycles. The number of fused-ring (bicyclic) bond motifs is 2. The van der Waals surface area contributed by atoms with E-state index in [0.29, 0.717) is 12.3 Å². The molecule has 2 heterocycles. The minimum absolute atomic E-state index is 0.152. The van der Waals surface area contributed by atoms with Crippen molar-refractivity contribution < 1.29 is 28.7 Å². The first kappa shape index (κ1) is 36.6. The van der Waals surface area contributed by atoms with Gasteiger partial charge in [0.25, 0.3) is 0 Å². The second-order valence-corrected chi connectivity index (χ2v) is 15.7. The molecule has 262 valence electrons. The first-order valence-electron chi connectivity index (χ1n) is 17.2. The number of carbonyl (C=O) groups is 1. The number of benzene rings is 2. The van der Waals surface area contributed by atoms with E-state index in [1.54, 1.807) is 4.90 Å². The van der Waals surface area contributed by atoms with Gasteiger partial charge in [0, 0.05) is 72.3 Å². The van der Waals surface area contributed by atoms with E-state index in [1.807, 2.05) is 27.8 Å². The summed E-state index contributed by atoms with van der Waals surface area (Å²) in [5.41, 5.74) is 9.46. The molecule has 0 bridgehead atoms. The van der Waals surface area contributed by atoms with Crippen molar-refractivity contribution >= 4 is 35.2 Å². The summed E-state index contributed by atoms with van der Waals surface area (Å²) in [6.45, 7) is 18.6. The lowest BCUT2D eigenvalue weighted by molar-refractivity contribution is -0.437. The quantitative estimate of drug-likeness (QED) is 0.0830. The van der Waals surface area contributed by atoms with Crippen molar-refractivity contribution in [3.05, 3.63) is 107 Å². The molecule has 0 unspecified atom stereocenters. The highest BCUT2D eigenvalue weighted by atomic mass is 32.2. The summed E-state index contributed by atoms with van der Waals surface area (Å²) in [5.74, 6) is 0.578. The van der Waals surface area contributed by atoms with Crippen LogP contribution in [0.3, 0.4) is 0 Å². The van der Waals surface area contributed by atoms with Crippen LogP contribution in [0, 0.1) is 0 Å². The van der Waals surface area contributed by atoms with Gasteiger partial charge in [0.15, 0.2) is 5.71 Å². The average Bonchev–Trinajstić information content (AvgIpc) is 3.62. The number of carbonyl (C=O) groups excluding carboxylic acids is 1. The van der Waals surface area contributed by atoms with E-state index in [2.05, 4.69) is 126 Å². The molecule has 0 fully saturated rings. The standard InChI is InChI=1S/C40H51N3O5S/c1-10-25-42-32-17-13-11-15-30(32)39(5,6)34(42)23-21-28-19-20-29(36(28)41(9)37(44)46-38(2,3)4)22-24-35-40(7,8)31-16-12-14-18-33(31)43(35)26-27-49-48-47-45/h11-18,21-24H,10,19-20,25-27H2,1-9H3/p+1. The van der Waals surface area contributed by atoms with Crippen molar-refractivity contribution in [2.24, 2.45) is 0 Å². The van der Waals surface area contributed by atoms with E-state index in [1.165, 1.54) is 22.5 Å². The number of amides is 1. The zero-order chi connectivity index (χ0) is 35.6. The molecule has 9 heteroatoms. The van der Waals surface area contributed by atoms with Crippen molar-refractivity contribution in [1.82, 2.24) is 4.90 Å². The summed E-state index contributed by atoms with van der Waals surface area (Å²) in [7, 11) is 1.82. The highest BCUT2D eigenvalue weighted by molar-refractivity contribution is 7.94. The van der Waals surface area contributed by atoms with Gasteiger partial charge < -0.3 is 9.64 Å². The zero-order valence-corrected chi connectivity index (χ0v) is 31.3. The summed E-state index contributed by atoms with van der Waals surface area (Å²) in [6.07, 6.45) is 11.1. The minimum Gasteiger partial charge on any atom is -0.443 e. The molecule has 0 aromatic heterocycles. The average molecular weight is 687 g/mol. The summed E-state index contributed by atoms with van der Waals surface area (Å²) in [6, 6.07) is 17.1. The molecule has 2 aromatic rings. The van der Waals surface area contributed by atoms with Gasteiger partial charge in [-0.1, -0.05) is 74.4 Å². The number of allylic oxidation sites excluding steroid dienone is 7. The lowest BCUT2D eigenvalue weighted by atomic mass is 9.81. The monoisotopic (exact) mass is 686 g/mol. The molecule has 8 nitrogen and oxygen atoms in total. The van der Waals surface area contributed by atoms with E-state index >= 15 is 0 Å². The van der Waals surface area contributed by atoms with Gasteiger partial charge >= 0.3 is 6.09 Å². The number of ether oxygens (including phenoxy) is 1. The molecule has 0 saturated carbocycles. The number of rotatable bonds is 11. The third kappa shape index (κ3) is 7.45. The maximum Gasteiger partial charge on any atom is 0.414 e. The molecule has 0 saturated heterocycles. The Hall–Kier alpha value is -3.63. The number of hydrogen-bond acceptors (Lipinski definition) is 7. The van der Waals surface area contributed by atoms with Crippen LogP contribution in [-0.4, -0.2) is 58.0 Å². The molecule has 1 aliphatic carbocycles. The molecule has 5 rings (SSSR count). The van der Waals surface area contributed by atoms with Gasteiger partial charge in [-0.25, -0.2) is 10.1 Å². The van der Waals surface area contributed by atoms with Crippen LogP contribution in [0.15, 0.2) is 95.4 Å². The summed E-state index contributed by atoms with van der Waals surface area (Å²) in [5, 5.41) is 12.4. The van der Waals surface area contributed by atoms with E-state index in [0.717, 1.165) is 66.1 Å². The number of para-hydroxylation sites is 2. The smallest absolute Gasteiger partial charge is 0.414 e. The Balaban J connectivity index is 1.58. The molecule has 1 N–H and O–H groups in total. The fourth-order valence-electron chi connectivity index (χ4n) is 7.42. The molecule has 1 amide bonds. The minimum atomic E-state index is -0.620. The SMILES string of the molecule is CCC[N+]1=C(C=CC2=C(N(C)C(=O)OC(C)(C)C)C(=CC=C3N(CCSOOO)c4ccccc4C3(C)C)CC2)C(C)(C)c2ccccc21. The van der Waals surface area contributed by atoms with Crippen molar-refractivity contribution in [3.63, 3.8) is 0 Å². The summed E-state index contributed by atoms with van der Waals surface area (Å²) >= 11 is 1.05. The van der Waals surface area contributed by atoms with Crippen LogP contribution in [0.2, 0.25) is 0 Å². The molecule has 2 aliphatic heterocycles. The van der Waals surface area contributed by atoms with Gasteiger partial charge in [-0.2, -0.15) is 4.58 Å². The van der Waals surface area contributed by atoms with Crippen molar-refractivity contribution in [2.45, 2.75) is 91.1 Å². The van der Waals surface area contributed by atoms with Crippen LogP contribution in [0.4, 0.5) is 16.2 Å². The summed E-state index contributed by atoms with van der Waals surface area (Å²) in [4.78, 5) is 17.5. The number of anilines is 1. The van der Waals surface area contributed by atoms with Crippen molar-refractivity contribution in [3.8, 4) is 0 Å². The molecule has 3 aliphatic rings. The van der Waals surface area contributed by atoms with Crippen LogP contribution in [0.25, 0.3) is 0 Å². The van der Waals surface area contributed by atoms with E-state index < -0.39 is 5.60 Å². The Morgan fingerprint density at radius 3 is 2.39 bits per heavy atom. The lowest BCUT2D eigenvalue weighted by Crippen LogP contribution is -2.34. The van der Waals surface area contributed by atoms with Crippen molar-refractivity contribution in [2.75, 3.05) is 30.8 Å². The predicted octanol–water partition coefficient (Wildman–Crippen LogP) is 9.62. The van der Waals surface area contributed by atoms with E-state index in [9.17, 15) is 4.79 Å². The normalized spacial score (nSPS) is 19.8. The van der Waals surface area contributed by atoms with Crippen LogP contribution in [0.1, 0.15) is 85.8 Å². The molecule has 0 spiro atoms. The van der Waals surface area contributed by atoms with Crippen LogP contribution >= 0.6 is 12.0 Å². The van der Waals surface area contributed by atoms with Crippen molar-refractivity contribution in [1.29, 1.82) is 0 Å². The van der Waals surface area contributed by atoms with E-state index in [4.69, 9.17) is 9.99 Å². The second-order valence-electron chi connectivity index (χ2n) is 14.9. The molecule has 0 radical (unpaired) electrons. The number of likely N-dealkylation sites (N-methyl/N-ethyl adjacent to an activating group) is 1. The Kier molecular flexibility index (Phi) is 11.0. The Labute approximate surface area is 296 Å². The molecule has 0 atom stereocenters. The fraction of sp³-hybridized carbons (Fsp3) is 0.450. The lowest BCUT2D eigenvalue weighted by Gasteiger charge is -2.27. The van der Waals surface area contributed by atoms with Gasteiger partial charge in [0.2, 0.25) is 5.69 Å². The highest BCUT2D eigenvalue weighted by Gasteiger charge is 2.44. The van der Waals surface area contributed by atoms with Crippen LogP contribution < -0.4 is 4.90 Å². The van der Waals surface area contributed by atoms with Gasteiger partial charge in [0.05, 0.1) is 11.1 Å². The topological polar surface area (TPSA) is 74.5 Å². The Morgan fingerprint density at radius 2 is 1.69 bits per heavy atom. The maximum absolute atomic E-state index is 13.6. The zero-order valence-electron chi connectivity index (χ0n) is 30.5. The maximum atomic E-state index is 13.6. The summed E-state index contributed by atoms with van der Waals surface area (Å²) < 4.78 is 13.0.